The first-order valence-corrected chi connectivity index (χ1v) is 7.92. The molecule has 22 heavy (non-hydrogen) atoms. The normalized spacial score (nSPS) is 26.5. The van der Waals surface area contributed by atoms with Crippen LogP contribution in [0.25, 0.3) is 0 Å². The van der Waals surface area contributed by atoms with E-state index in [9.17, 15) is 4.79 Å². The minimum atomic E-state index is 0. The Bertz CT molecular complexity index is 506. The van der Waals surface area contributed by atoms with Crippen molar-refractivity contribution in [3.05, 3.63) is 29.8 Å². The molecule has 1 saturated carbocycles. The predicted octanol–water partition coefficient (Wildman–Crippen LogP) is 2.25. The number of nitrogens with zero attached hydrogens (tertiary/aromatic N) is 1. The standard InChI is InChI=1S/C17H24N2O2.ClH/c1-2-12-3-6-14(7-4-12)21-11-17(20)19-9-13-5-8-16(18)15(13)10-19;/h3-4,6-7,13,15-16H,2,5,8-11,18H2,1H3;1H. The van der Waals surface area contributed by atoms with E-state index >= 15 is 0 Å². The van der Waals surface area contributed by atoms with E-state index in [0.717, 1.165) is 38.1 Å². The minimum Gasteiger partial charge on any atom is -0.484 e. The first-order valence-electron chi connectivity index (χ1n) is 7.92. The van der Waals surface area contributed by atoms with E-state index < -0.39 is 0 Å². The second kappa shape index (κ2) is 7.34. The maximum Gasteiger partial charge on any atom is 0.260 e. The summed E-state index contributed by atoms with van der Waals surface area (Å²) in [4.78, 5) is 14.2. The summed E-state index contributed by atoms with van der Waals surface area (Å²) in [6.45, 7) is 3.91. The fraction of sp³-hybridized carbons (Fsp3) is 0.588. The van der Waals surface area contributed by atoms with Crippen LogP contribution in [0.3, 0.4) is 0 Å². The van der Waals surface area contributed by atoms with Gasteiger partial charge in [0.1, 0.15) is 5.75 Å². The lowest BCUT2D eigenvalue weighted by molar-refractivity contribution is -0.132. The van der Waals surface area contributed by atoms with Crippen molar-refractivity contribution >= 4 is 18.3 Å². The summed E-state index contributed by atoms with van der Waals surface area (Å²) >= 11 is 0. The highest BCUT2D eigenvalue weighted by atomic mass is 35.5. The van der Waals surface area contributed by atoms with E-state index in [1.165, 1.54) is 5.56 Å². The van der Waals surface area contributed by atoms with Crippen LogP contribution in [0.15, 0.2) is 24.3 Å². The molecule has 122 valence electrons. The molecule has 0 bridgehead atoms. The van der Waals surface area contributed by atoms with Crippen LogP contribution in [-0.2, 0) is 11.2 Å². The van der Waals surface area contributed by atoms with Crippen molar-refractivity contribution in [3.8, 4) is 5.75 Å². The average molecular weight is 325 g/mol. The van der Waals surface area contributed by atoms with Gasteiger partial charge in [0.05, 0.1) is 0 Å². The second-order valence-electron chi connectivity index (χ2n) is 6.25. The largest absolute Gasteiger partial charge is 0.484 e. The fourth-order valence-corrected chi connectivity index (χ4v) is 3.57. The molecule has 1 aromatic carbocycles. The Hall–Kier alpha value is -1.26. The lowest BCUT2D eigenvalue weighted by Gasteiger charge is -2.19. The second-order valence-corrected chi connectivity index (χ2v) is 6.25. The molecule has 0 aromatic heterocycles. The third-order valence-electron chi connectivity index (χ3n) is 4.96. The van der Waals surface area contributed by atoms with Gasteiger partial charge in [-0.2, -0.15) is 0 Å². The maximum absolute atomic E-state index is 12.2. The van der Waals surface area contributed by atoms with Crippen molar-refractivity contribution in [2.24, 2.45) is 17.6 Å². The summed E-state index contributed by atoms with van der Waals surface area (Å²) in [6, 6.07) is 8.22. The fourth-order valence-electron chi connectivity index (χ4n) is 3.57. The Labute approximate surface area is 138 Å². The molecule has 1 aliphatic carbocycles. The van der Waals surface area contributed by atoms with Crippen LogP contribution in [0.5, 0.6) is 5.75 Å². The number of carbonyl (C=O) groups is 1. The number of fused-ring (bicyclic) bond motifs is 1. The van der Waals surface area contributed by atoms with E-state index in [-0.39, 0.29) is 31.0 Å². The highest BCUT2D eigenvalue weighted by Crippen LogP contribution is 2.37. The zero-order chi connectivity index (χ0) is 14.8. The first kappa shape index (κ1) is 17.1. The van der Waals surface area contributed by atoms with Crippen LogP contribution < -0.4 is 10.5 Å². The maximum atomic E-state index is 12.2. The van der Waals surface area contributed by atoms with E-state index in [4.69, 9.17) is 10.5 Å². The number of hydrogen-bond donors (Lipinski definition) is 1. The van der Waals surface area contributed by atoms with Gasteiger partial charge in [0, 0.05) is 19.1 Å². The van der Waals surface area contributed by atoms with Crippen molar-refractivity contribution in [3.63, 3.8) is 0 Å². The molecule has 2 fully saturated rings. The van der Waals surface area contributed by atoms with E-state index in [0.29, 0.717) is 11.8 Å². The lowest BCUT2D eigenvalue weighted by Crippen LogP contribution is -2.36. The van der Waals surface area contributed by atoms with Gasteiger partial charge in [0.25, 0.3) is 5.91 Å². The number of amides is 1. The molecule has 1 saturated heterocycles. The number of likely N-dealkylation sites (tertiary alicyclic amines) is 1. The van der Waals surface area contributed by atoms with E-state index in [2.05, 4.69) is 6.92 Å². The van der Waals surface area contributed by atoms with Crippen LogP contribution in [0, 0.1) is 11.8 Å². The molecule has 5 heteroatoms. The van der Waals surface area contributed by atoms with E-state index in [1.54, 1.807) is 0 Å². The van der Waals surface area contributed by atoms with Crippen molar-refractivity contribution < 1.29 is 9.53 Å². The Balaban J connectivity index is 0.00000176. The monoisotopic (exact) mass is 324 g/mol. The zero-order valence-electron chi connectivity index (χ0n) is 13.0. The summed E-state index contributed by atoms with van der Waals surface area (Å²) < 4.78 is 5.61. The number of hydrogen-bond acceptors (Lipinski definition) is 3. The number of nitrogens with two attached hydrogens (primary N) is 1. The highest BCUT2D eigenvalue weighted by Gasteiger charge is 2.42. The molecule has 1 aromatic rings. The number of rotatable bonds is 4. The van der Waals surface area contributed by atoms with Gasteiger partial charge in [0.15, 0.2) is 6.61 Å². The molecule has 1 amide bonds. The lowest BCUT2D eigenvalue weighted by atomic mass is 9.98. The molecule has 3 unspecified atom stereocenters. The number of ether oxygens (including phenoxy) is 1. The molecule has 2 N–H and O–H groups in total. The smallest absolute Gasteiger partial charge is 0.260 e. The Morgan fingerprint density at radius 3 is 2.64 bits per heavy atom. The van der Waals surface area contributed by atoms with Crippen LogP contribution in [0.4, 0.5) is 0 Å². The van der Waals surface area contributed by atoms with Gasteiger partial charge in [-0.3, -0.25) is 4.79 Å². The van der Waals surface area contributed by atoms with Crippen LogP contribution >= 0.6 is 12.4 Å². The highest BCUT2D eigenvalue weighted by molar-refractivity contribution is 5.85. The van der Waals surface area contributed by atoms with Gasteiger partial charge in [0.2, 0.25) is 0 Å². The molecule has 4 nitrogen and oxygen atoms in total. The Morgan fingerprint density at radius 1 is 1.27 bits per heavy atom. The van der Waals surface area contributed by atoms with Crippen LogP contribution in [-0.4, -0.2) is 36.5 Å². The van der Waals surface area contributed by atoms with Gasteiger partial charge in [-0.15, -0.1) is 12.4 Å². The topological polar surface area (TPSA) is 55.6 Å². The van der Waals surface area contributed by atoms with Crippen LogP contribution in [0.2, 0.25) is 0 Å². The number of benzene rings is 1. The SMILES string of the molecule is CCc1ccc(OCC(=O)N2CC3CCC(N)C3C2)cc1.Cl. The predicted molar refractivity (Wildman–Crippen MR) is 89.3 cm³/mol. The number of aryl methyl sites for hydroxylation is 1. The Morgan fingerprint density at radius 2 is 2.00 bits per heavy atom. The molecular formula is C17H25ClN2O2. The first-order chi connectivity index (χ1) is 10.2. The van der Waals surface area contributed by atoms with Gasteiger partial charge < -0.3 is 15.4 Å². The average Bonchev–Trinajstić information content (AvgIpc) is 3.08. The van der Waals surface area contributed by atoms with Crippen molar-refractivity contribution in [1.29, 1.82) is 0 Å². The summed E-state index contributed by atoms with van der Waals surface area (Å²) in [5.74, 6) is 1.94. The summed E-state index contributed by atoms with van der Waals surface area (Å²) in [5, 5.41) is 0. The van der Waals surface area contributed by atoms with Gasteiger partial charge in [-0.1, -0.05) is 19.1 Å². The number of halogens is 1. The van der Waals surface area contributed by atoms with Crippen molar-refractivity contribution in [2.45, 2.75) is 32.2 Å². The zero-order valence-corrected chi connectivity index (χ0v) is 13.8. The van der Waals surface area contributed by atoms with Crippen molar-refractivity contribution in [2.75, 3.05) is 19.7 Å². The van der Waals surface area contributed by atoms with Gasteiger partial charge >= 0.3 is 0 Å². The third kappa shape index (κ3) is 3.55. The number of carbonyl (C=O) groups excluding carboxylic acids is 1. The minimum absolute atomic E-state index is 0. The summed E-state index contributed by atoms with van der Waals surface area (Å²) in [5.41, 5.74) is 7.38. The van der Waals surface area contributed by atoms with Crippen LogP contribution in [0.1, 0.15) is 25.3 Å². The quantitative estimate of drug-likeness (QED) is 0.924. The summed E-state index contributed by atoms with van der Waals surface area (Å²) in [6.07, 6.45) is 3.28. The molecule has 0 radical (unpaired) electrons. The molecule has 3 atom stereocenters. The molecular weight excluding hydrogens is 300 g/mol. The molecule has 1 aliphatic heterocycles. The molecule has 2 aliphatic rings. The third-order valence-corrected chi connectivity index (χ3v) is 4.96. The van der Waals surface area contributed by atoms with Gasteiger partial charge in [-0.05, 0) is 48.8 Å². The molecule has 1 heterocycles. The molecule has 0 spiro atoms. The van der Waals surface area contributed by atoms with E-state index in [1.807, 2.05) is 29.2 Å². The van der Waals surface area contributed by atoms with Gasteiger partial charge in [-0.25, -0.2) is 0 Å². The Kier molecular flexibility index (Phi) is 5.70. The summed E-state index contributed by atoms with van der Waals surface area (Å²) in [7, 11) is 0. The van der Waals surface area contributed by atoms with Crippen molar-refractivity contribution in [1.82, 2.24) is 4.90 Å². The molecule has 3 rings (SSSR count).